The van der Waals surface area contributed by atoms with Crippen molar-refractivity contribution in [3.05, 3.63) is 76.2 Å². The largest absolute Gasteiger partial charge is 2.00 e. The fourth-order valence-corrected chi connectivity index (χ4v) is 26.9. The Morgan fingerprint density at radius 2 is 0.716 bits per heavy atom. The molecule has 2 spiro atoms. The summed E-state index contributed by atoms with van der Waals surface area (Å²) in [5.41, 5.74) is 11.3. The van der Waals surface area contributed by atoms with Crippen LogP contribution in [0.1, 0.15) is 46.6 Å². The number of rotatable bonds is 5. The Morgan fingerprint density at radius 3 is 1.01 bits per heavy atom. The minimum atomic E-state index is -0.455. The van der Waals surface area contributed by atoms with Crippen LogP contribution in [0.5, 0.6) is 0 Å². The van der Waals surface area contributed by atoms with Gasteiger partial charge in [-0.05, 0) is 344 Å². The molecule has 0 bridgehead atoms. The third-order valence-corrected chi connectivity index (χ3v) is 27.3. The van der Waals surface area contributed by atoms with Crippen molar-refractivity contribution in [2.45, 2.75) is 23.8 Å². The maximum atomic E-state index is 5.94. The number of pyridine rings is 2. The van der Waals surface area contributed by atoms with Gasteiger partial charge in [0.2, 0.25) is 0 Å². The second-order valence-corrected chi connectivity index (χ2v) is 28.0. The summed E-state index contributed by atoms with van der Waals surface area (Å²) in [5.74, 6) is 0.730. The Morgan fingerprint density at radius 1 is 0.407 bits per heavy atom. The van der Waals surface area contributed by atoms with E-state index in [0.717, 1.165) is 24.6 Å². The number of likely N-dealkylation sites (tertiary alicyclic amines) is 1. The zero-order valence-electron chi connectivity index (χ0n) is 42.1. The summed E-state index contributed by atoms with van der Waals surface area (Å²) in [6.07, 6.45) is 3.75. The molecule has 4 aliphatic carbocycles. The molecule has 2 aromatic heterocycles. The van der Waals surface area contributed by atoms with Crippen LogP contribution in [0.15, 0.2) is 47.7 Å². The zero-order valence-corrected chi connectivity index (χ0v) is 45.1. The van der Waals surface area contributed by atoms with Crippen molar-refractivity contribution in [2.24, 2.45) is 5.10 Å². The first-order valence-corrected chi connectivity index (χ1v) is 29.5. The predicted octanol–water partition coefficient (Wildman–Crippen LogP) is 18.6. The van der Waals surface area contributed by atoms with Crippen molar-refractivity contribution >= 4 is 303 Å². The summed E-state index contributed by atoms with van der Waals surface area (Å²) < 4.78 is 0. The van der Waals surface area contributed by atoms with Gasteiger partial charge in [0.25, 0.3) is 0 Å². The molecule has 5 aliphatic rings. The minimum Gasteiger partial charge on any atom is -0.293 e. The summed E-state index contributed by atoms with van der Waals surface area (Å²) in [4.78, 5) is 13.5. The fourth-order valence-electron chi connectivity index (χ4n) is 26.9. The smallest absolute Gasteiger partial charge is 0.293 e. The van der Waals surface area contributed by atoms with Gasteiger partial charge in [-0.3, -0.25) is 15.3 Å². The molecule has 1 fully saturated rings. The first-order valence-electron chi connectivity index (χ1n) is 29.5. The molecule has 6 heteroatoms. The van der Waals surface area contributed by atoms with Crippen molar-refractivity contribution < 1.29 is 19.5 Å². The number of hydrazone groups is 1. The Bertz CT molecular complexity index is 7770. The van der Waals surface area contributed by atoms with E-state index < -0.39 is 5.41 Å². The average Bonchev–Trinajstić information content (AvgIpc) is 1.50. The van der Waals surface area contributed by atoms with Gasteiger partial charge >= 0.3 is 19.5 Å². The fraction of sp³-hybridized carbons (Fsp3) is 0.0800. The first-order chi connectivity index (χ1) is 39.8. The van der Waals surface area contributed by atoms with E-state index in [9.17, 15) is 0 Å². The third kappa shape index (κ3) is 2.01. The van der Waals surface area contributed by atoms with E-state index in [4.69, 9.17) is 10.1 Å². The van der Waals surface area contributed by atoms with Crippen LogP contribution in [-0.2, 0) is 30.3 Å². The molecule has 35 rings (SSSR count). The third-order valence-electron chi connectivity index (χ3n) is 27.3. The van der Waals surface area contributed by atoms with E-state index in [1.165, 1.54) is 5.69 Å². The molecule has 81 heavy (non-hydrogen) atoms. The number of nitrogens with zero attached hydrogens (tertiary/aromatic N) is 4. The van der Waals surface area contributed by atoms with Crippen molar-refractivity contribution in [3.63, 3.8) is 0 Å². The number of hydrogen-bond acceptors (Lipinski definition) is 5. The second kappa shape index (κ2) is 8.15. The standard InChI is InChI=1S/C75H17N5.Zn/c1-2-80-11-74-69-61-53-43-33-25-17-15-16-19-23-21(17)29-37-31(23)41-35-27(19)28-20(16)24-22-18(15)26(25)34-40-30(22)38-32(24)42-36(28)46-45(35)57-51(41)59-49(37)55(47(53)39(29)33)63(69)65(59)71-67(57)68-58(46)52(42)60-50(38)56-48(40)54(44(34)43)62(61)70(74)64(56)66(60)72(68)75(71,74)73(80)13-7-5-6-12(78-13)10-77-79-14-8-3-4-9-76-14;/h3-10,73H,2,11H2,1H3,(H,76,79);/q;+2/b77-10+;. The number of aromatic nitrogens is 2. The maximum absolute atomic E-state index is 5.94. The molecule has 0 amide bonds. The van der Waals surface area contributed by atoms with Crippen molar-refractivity contribution in [1.29, 1.82) is 0 Å². The van der Waals surface area contributed by atoms with E-state index in [1.54, 1.807) is 313 Å². The molecule has 3 heterocycles. The molecule has 1 atom stereocenters. The van der Waals surface area contributed by atoms with E-state index in [1.807, 2.05) is 30.6 Å². The zero-order chi connectivity index (χ0) is 48.3. The van der Waals surface area contributed by atoms with E-state index in [-0.39, 0.29) is 30.9 Å². The summed E-state index contributed by atoms with van der Waals surface area (Å²) in [5, 5.41) is 93.5. The molecule has 1 aliphatic heterocycles. The summed E-state index contributed by atoms with van der Waals surface area (Å²) in [7, 11) is 0. The number of hydrogen-bond donors (Lipinski definition) is 1. The molecule has 1 saturated heterocycles. The average molecular weight is 1050 g/mol. The van der Waals surface area contributed by atoms with E-state index in [2.05, 4.69) is 40.4 Å². The van der Waals surface area contributed by atoms with Crippen LogP contribution >= 0.6 is 0 Å². The minimum absolute atomic E-state index is 0. The molecule has 1 unspecified atom stereocenters. The molecular weight excluding hydrogens is 1040 g/mol. The molecule has 0 saturated carbocycles. The Hall–Kier alpha value is -9.19. The van der Waals surface area contributed by atoms with Gasteiger partial charge in [-0.15, -0.1) is 0 Å². The SMILES string of the molecule is CCN1CC23c4c5c6c7c8c9c(c%10c%11c2c2c4c4c%12c5c5c6c6c8c8c%13c9c9c%10c%10c%11c%11c2c2c4c4c%12c%12c5c5c6c8c6c8c%13c9c9c%10c%10c%11c2c2c4c4c%12c5c6c5c8c9c%10c2c45)C73C1c1cccc(/C=N/Nc2ccccn2)n1.[Zn+2]. The van der Waals surface area contributed by atoms with Crippen LogP contribution in [0.4, 0.5) is 5.82 Å². The van der Waals surface area contributed by atoms with Gasteiger partial charge in [-0.1, -0.05) is 19.1 Å². The maximum Gasteiger partial charge on any atom is 2.00 e. The number of anilines is 1. The van der Waals surface area contributed by atoms with Crippen LogP contribution in [0.25, 0.3) is 291 Å². The molecule has 28 aromatic carbocycles. The second-order valence-electron chi connectivity index (χ2n) is 28.0. The number of benzene rings is 18. The summed E-state index contributed by atoms with van der Waals surface area (Å²) in [6.45, 7) is 4.40. The van der Waals surface area contributed by atoms with Crippen molar-refractivity contribution in [3.8, 4) is 0 Å². The molecule has 30 aromatic rings. The topological polar surface area (TPSA) is 53.4 Å². The van der Waals surface area contributed by atoms with Gasteiger partial charge < -0.3 is 0 Å². The molecule has 1 N–H and O–H groups in total. The molecule has 342 valence electrons. The van der Waals surface area contributed by atoms with Gasteiger partial charge in [-0.2, -0.15) is 5.10 Å². The van der Waals surface area contributed by atoms with Crippen LogP contribution in [-0.4, -0.2) is 34.2 Å². The monoisotopic (exact) mass is 1050 g/mol. The molecule has 5 nitrogen and oxygen atoms in total. The normalized spacial score (nSPS) is 22.2. The van der Waals surface area contributed by atoms with Crippen LogP contribution < -0.4 is 5.43 Å². The number of likely N-dealkylation sites (N-methyl/N-ethyl adjacent to an activating group) is 1. The van der Waals surface area contributed by atoms with E-state index >= 15 is 0 Å². The van der Waals surface area contributed by atoms with Gasteiger partial charge in [0.05, 0.1) is 34.5 Å². The van der Waals surface area contributed by atoms with Crippen LogP contribution in [0.2, 0.25) is 0 Å². The van der Waals surface area contributed by atoms with Crippen molar-refractivity contribution in [1.82, 2.24) is 14.9 Å². The Labute approximate surface area is 457 Å². The van der Waals surface area contributed by atoms with Crippen LogP contribution in [0, 0.1) is 0 Å². The van der Waals surface area contributed by atoms with Gasteiger partial charge in [0.15, 0.2) is 0 Å². The Kier molecular flexibility index (Phi) is 3.36. The first kappa shape index (κ1) is 33.4. The van der Waals surface area contributed by atoms with Crippen molar-refractivity contribution in [2.75, 3.05) is 18.5 Å². The molecular formula is C75H17N5Zn+2. The Balaban J connectivity index is 0.00000376. The van der Waals surface area contributed by atoms with Gasteiger partial charge in [0.1, 0.15) is 5.82 Å². The van der Waals surface area contributed by atoms with Gasteiger partial charge in [-0.25, -0.2) is 4.98 Å². The number of nitrogens with one attached hydrogen (secondary N) is 1. The van der Waals surface area contributed by atoms with E-state index in [0.29, 0.717) is 0 Å². The molecule has 0 radical (unpaired) electrons. The summed E-state index contributed by atoms with van der Waals surface area (Å²) >= 11 is 0. The van der Waals surface area contributed by atoms with Gasteiger partial charge in [0, 0.05) is 12.7 Å². The van der Waals surface area contributed by atoms with Crippen LogP contribution in [0.3, 0.4) is 0 Å². The summed E-state index contributed by atoms with van der Waals surface area (Å²) in [6, 6.07) is 12.8. The quantitative estimate of drug-likeness (QED) is 0.0808. The predicted molar refractivity (Wildman–Crippen MR) is 334 cm³/mol.